The van der Waals surface area contributed by atoms with Crippen LogP contribution >= 0.6 is 0 Å². The quantitative estimate of drug-likeness (QED) is 0.727. The van der Waals surface area contributed by atoms with Crippen LogP contribution < -0.4 is 0 Å². The van der Waals surface area contributed by atoms with E-state index < -0.39 is 0 Å². The Morgan fingerprint density at radius 3 is 2.77 bits per heavy atom. The summed E-state index contributed by atoms with van der Waals surface area (Å²) >= 11 is 0. The minimum absolute atomic E-state index is 0.00327. The molecule has 2 aliphatic heterocycles. The fourth-order valence-electron chi connectivity index (χ4n) is 3.78. The SMILES string of the molecule is CCn1nccc1C(=O)N1CCC(N(CCN2CCOCC2)C(C)=O)C1. The number of hydrogen-bond donors (Lipinski definition) is 0. The van der Waals surface area contributed by atoms with Crippen LogP contribution in [0.15, 0.2) is 12.3 Å². The second kappa shape index (κ2) is 8.64. The lowest BCUT2D eigenvalue weighted by Gasteiger charge is -2.32. The normalized spacial score (nSPS) is 21.2. The molecule has 3 rings (SSSR count). The summed E-state index contributed by atoms with van der Waals surface area (Å²) in [5, 5.41) is 4.18. The Morgan fingerprint density at radius 1 is 1.31 bits per heavy atom. The molecule has 0 spiro atoms. The van der Waals surface area contributed by atoms with Crippen molar-refractivity contribution in [3.8, 4) is 0 Å². The predicted octanol–water partition coefficient (Wildman–Crippen LogP) is 0.298. The second-order valence-electron chi connectivity index (χ2n) is 6.89. The first-order valence-electron chi connectivity index (χ1n) is 9.48. The first-order chi connectivity index (χ1) is 12.6. The molecule has 8 heteroatoms. The van der Waals surface area contributed by atoms with E-state index in [-0.39, 0.29) is 17.9 Å². The number of carbonyl (C=O) groups excluding carboxylic acids is 2. The number of hydrogen-bond acceptors (Lipinski definition) is 5. The van der Waals surface area contributed by atoms with Gasteiger partial charge in [0.15, 0.2) is 0 Å². The fourth-order valence-corrected chi connectivity index (χ4v) is 3.78. The minimum Gasteiger partial charge on any atom is -0.379 e. The second-order valence-corrected chi connectivity index (χ2v) is 6.89. The van der Waals surface area contributed by atoms with Gasteiger partial charge in [-0.2, -0.15) is 5.10 Å². The molecule has 0 radical (unpaired) electrons. The average Bonchev–Trinajstić information content (AvgIpc) is 3.31. The minimum atomic E-state index is 0.00327. The third-order valence-electron chi connectivity index (χ3n) is 5.29. The third-order valence-corrected chi connectivity index (χ3v) is 5.29. The van der Waals surface area contributed by atoms with E-state index in [2.05, 4.69) is 10.00 Å². The molecule has 2 fully saturated rings. The Bertz CT molecular complexity index is 626. The zero-order valence-electron chi connectivity index (χ0n) is 15.8. The van der Waals surface area contributed by atoms with Gasteiger partial charge in [-0.25, -0.2) is 0 Å². The zero-order valence-corrected chi connectivity index (χ0v) is 15.8. The molecule has 1 unspecified atom stereocenters. The van der Waals surface area contributed by atoms with Crippen LogP contribution in [0, 0.1) is 0 Å². The van der Waals surface area contributed by atoms with Crippen LogP contribution in [0.25, 0.3) is 0 Å². The van der Waals surface area contributed by atoms with E-state index in [1.165, 1.54) is 0 Å². The predicted molar refractivity (Wildman–Crippen MR) is 96.9 cm³/mol. The first-order valence-corrected chi connectivity index (χ1v) is 9.48. The van der Waals surface area contributed by atoms with E-state index in [9.17, 15) is 9.59 Å². The van der Waals surface area contributed by atoms with Gasteiger partial charge in [0.05, 0.1) is 19.3 Å². The number of aryl methyl sites for hydroxylation is 1. The van der Waals surface area contributed by atoms with E-state index in [0.717, 1.165) is 39.3 Å². The molecule has 0 aliphatic carbocycles. The van der Waals surface area contributed by atoms with E-state index in [1.54, 1.807) is 23.9 Å². The van der Waals surface area contributed by atoms with Gasteiger partial charge in [0.25, 0.3) is 5.91 Å². The molecule has 26 heavy (non-hydrogen) atoms. The molecule has 0 aromatic carbocycles. The summed E-state index contributed by atoms with van der Waals surface area (Å²) in [4.78, 5) is 31.1. The molecule has 2 saturated heterocycles. The van der Waals surface area contributed by atoms with Gasteiger partial charge < -0.3 is 14.5 Å². The Hall–Kier alpha value is -1.93. The number of aromatic nitrogens is 2. The molecule has 2 aliphatic rings. The summed E-state index contributed by atoms with van der Waals surface area (Å²) in [7, 11) is 0. The molecule has 8 nitrogen and oxygen atoms in total. The first kappa shape index (κ1) is 18.8. The maximum atomic E-state index is 12.8. The average molecular weight is 363 g/mol. The molecule has 144 valence electrons. The van der Waals surface area contributed by atoms with Gasteiger partial charge >= 0.3 is 0 Å². The Kier molecular flexibility index (Phi) is 6.26. The van der Waals surface area contributed by atoms with E-state index >= 15 is 0 Å². The number of carbonyl (C=O) groups is 2. The van der Waals surface area contributed by atoms with Crippen molar-refractivity contribution >= 4 is 11.8 Å². The molecule has 0 N–H and O–H groups in total. The summed E-state index contributed by atoms with van der Waals surface area (Å²) in [5.41, 5.74) is 0.621. The van der Waals surface area contributed by atoms with Gasteiger partial charge in [-0.05, 0) is 19.4 Å². The van der Waals surface area contributed by atoms with Gasteiger partial charge in [-0.1, -0.05) is 0 Å². The largest absolute Gasteiger partial charge is 0.379 e. The van der Waals surface area contributed by atoms with Crippen molar-refractivity contribution in [1.29, 1.82) is 0 Å². The highest BCUT2D eigenvalue weighted by Gasteiger charge is 2.33. The van der Waals surface area contributed by atoms with Gasteiger partial charge in [-0.3, -0.25) is 19.2 Å². The number of amides is 2. The van der Waals surface area contributed by atoms with Crippen LogP contribution in [0.1, 0.15) is 30.8 Å². The summed E-state index contributed by atoms with van der Waals surface area (Å²) in [6, 6.07) is 1.86. The van der Waals surface area contributed by atoms with E-state index in [4.69, 9.17) is 4.74 Å². The monoisotopic (exact) mass is 363 g/mol. The standard InChI is InChI=1S/C18H29N5O3/c1-3-23-17(4-6-19-23)18(25)21-7-5-16(14-21)22(15(2)24)9-8-20-10-12-26-13-11-20/h4,6,16H,3,5,7-14H2,1-2H3. The molecular formula is C18H29N5O3. The van der Waals surface area contributed by atoms with Crippen LogP contribution in [0.5, 0.6) is 0 Å². The van der Waals surface area contributed by atoms with Crippen LogP contribution in [0.2, 0.25) is 0 Å². The summed E-state index contributed by atoms with van der Waals surface area (Å²) in [6.45, 7) is 10.5. The summed E-state index contributed by atoms with van der Waals surface area (Å²) < 4.78 is 7.09. The zero-order chi connectivity index (χ0) is 18.5. The van der Waals surface area contributed by atoms with Gasteiger partial charge in [0.2, 0.25) is 5.91 Å². The number of ether oxygens (including phenoxy) is 1. The number of rotatable bonds is 6. The topological polar surface area (TPSA) is 70.9 Å². The van der Waals surface area contributed by atoms with Crippen LogP contribution in [-0.2, 0) is 16.1 Å². The van der Waals surface area contributed by atoms with Gasteiger partial charge in [0.1, 0.15) is 5.69 Å². The lowest BCUT2D eigenvalue weighted by Crippen LogP contribution is -2.47. The molecule has 1 aromatic heterocycles. The van der Waals surface area contributed by atoms with Crippen LogP contribution in [-0.4, -0.2) is 94.8 Å². The fraction of sp³-hybridized carbons (Fsp3) is 0.722. The van der Waals surface area contributed by atoms with Crippen molar-refractivity contribution in [2.75, 3.05) is 52.5 Å². The van der Waals surface area contributed by atoms with E-state index in [1.807, 2.05) is 16.7 Å². The van der Waals surface area contributed by atoms with Crippen molar-refractivity contribution < 1.29 is 14.3 Å². The maximum Gasteiger partial charge on any atom is 0.272 e. The number of morpholine rings is 1. The maximum absolute atomic E-state index is 12.8. The molecule has 2 amide bonds. The third kappa shape index (κ3) is 4.24. The Morgan fingerprint density at radius 2 is 2.08 bits per heavy atom. The van der Waals surface area contributed by atoms with Crippen LogP contribution in [0.3, 0.4) is 0 Å². The number of nitrogens with zero attached hydrogens (tertiary/aromatic N) is 5. The van der Waals surface area contributed by atoms with Crippen molar-refractivity contribution in [2.45, 2.75) is 32.9 Å². The van der Waals surface area contributed by atoms with Gasteiger partial charge in [-0.15, -0.1) is 0 Å². The molecular weight excluding hydrogens is 334 g/mol. The molecule has 3 heterocycles. The molecule has 0 bridgehead atoms. The lowest BCUT2D eigenvalue weighted by atomic mass is 10.2. The molecule has 1 atom stereocenters. The summed E-state index contributed by atoms with van der Waals surface area (Å²) in [5.74, 6) is 0.0830. The highest BCUT2D eigenvalue weighted by atomic mass is 16.5. The van der Waals surface area contributed by atoms with Crippen LogP contribution in [0.4, 0.5) is 0 Å². The van der Waals surface area contributed by atoms with Crippen molar-refractivity contribution in [3.05, 3.63) is 18.0 Å². The van der Waals surface area contributed by atoms with Crippen molar-refractivity contribution in [3.63, 3.8) is 0 Å². The summed E-state index contributed by atoms with van der Waals surface area (Å²) in [6.07, 6.45) is 2.49. The Balaban J connectivity index is 1.57. The van der Waals surface area contributed by atoms with Crippen molar-refractivity contribution in [2.24, 2.45) is 0 Å². The highest BCUT2D eigenvalue weighted by Crippen LogP contribution is 2.19. The van der Waals surface area contributed by atoms with Gasteiger partial charge in [0, 0.05) is 58.9 Å². The lowest BCUT2D eigenvalue weighted by molar-refractivity contribution is -0.131. The Labute approximate surface area is 154 Å². The van der Waals surface area contributed by atoms with E-state index in [0.29, 0.717) is 31.9 Å². The van der Waals surface area contributed by atoms with Crippen molar-refractivity contribution in [1.82, 2.24) is 24.5 Å². The highest BCUT2D eigenvalue weighted by molar-refractivity contribution is 5.92. The number of likely N-dealkylation sites (tertiary alicyclic amines) is 1. The smallest absolute Gasteiger partial charge is 0.272 e. The molecule has 1 aromatic rings. The molecule has 0 saturated carbocycles.